The molecule has 0 bridgehead atoms. The quantitative estimate of drug-likeness (QED) is 0.752. The van der Waals surface area contributed by atoms with Gasteiger partial charge in [0.15, 0.2) is 0 Å². The molecule has 0 aromatic carbocycles. The molecule has 3 N–H and O–H groups in total. The van der Waals surface area contributed by atoms with Gasteiger partial charge in [0, 0.05) is 24.6 Å². The lowest BCUT2D eigenvalue weighted by Crippen LogP contribution is -2.30. The second kappa shape index (κ2) is 7.59. The molecule has 0 spiro atoms. The van der Waals surface area contributed by atoms with Gasteiger partial charge in [-0.05, 0) is 25.7 Å². The first-order valence-electron chi connectivity index (χ1n) is 8.14. The molecule has 0 radical (unpaired) electrons. The molecule has 1 aliphatic rings. The van der Waals surface area contributed by atoms with E-state index in [1.165, 1.54) is 6.42 Å². The lowest BCUT2D eigenvalue weighted by molar-refractivity contribution is 0.0763. The van der Waals surface area contributed by atoms with Crippen LogP contribution >= 0.6 is 0 Å². The number of hydrogen-bond donors (Lipinski definition) is 3. The van der Waals surface area contributed by atoms with E-state index in [0.29, 0.717) is 11.8 Å². The highest BCUT2D eigenvalue weighted by Gasteiger charge is 2.23. The molecule has 1 aliphatic carbocycles. The second-order valence-corrected chi connectivity index (χ2v) is 6.16. The van der Waals surface area contributed by atoms with Gasteiger partial charge >= 0.3 is 0 Å². The van der Waals surface area contributed by atoms with Crippen LogP contribution in [-0.4, -0.2) is 34.3 Å². The highest BCUT2D eigenvalue weighted by Crippen LogP contribution is 2.30. The fraction of sp³-hybridized carbons (Fsp3) is 0.750. The number of nitrogens with one attached hydrogen (secondary N) is 2. The van der Waals surface area contributed by atoms with Crippen LogP contribution in [0.2, 0.25) is 0 Å². The van der Waals surface area contributed by atoms with E-state index in [1.807, 2.05) is 0 Å². The molecule has 2 rings (SSSR count). The van der Waals surface area contributed by atoms with E-state index < -0.39 is 0 Å². The highest BCUT2D eigenvalue weighted by atomic mass is 16.3. The van der Waals surface area contributed by atoms with Crippen molar-refractivity contribution in [3.05, 3.63) is 11.9 Å². The van der Waals surface area contributed by atoms with Crippen LogP contribution in [0, 0.1) is 5.92 Å². The summed E-state index contributed by atoms with van der Waals surface area (Å²) in [5, 5.41) is 16.8. The van der Waals surface area contributed by atoms with Crippen LogP contribution < -0.4 is 10.6 Å². The molecule has 21 heavy (non-hydrogen) atoms. The Morgan fingerprint density at radius 2 is 1.86 bits per heavy atom. The average Bonchev–Trinajstić information content (AvgIpc) is 2.46. The molecule has 1 aromatic rings. The Hall–Kier alpha value is -1.36. The average molecular weight is 292 g/mol. The van der Waals surface area contributed by atoms with Crippen molar-refractivity contribution < 1.29 is 5.11 Å². The predicted octanol–water partition coefficient (Wildman–Crippen LogP) is 2.99. The molecule has 0 aliphatic heterocycles. The lowest BCUT2D eigenvalue weighted by atomic mass is 9.86. The molecular weight excluding hydrogens is 264 g/mol. The summed E-state index contributed by atoms with van der Waals surface area (Å²) in [6, 6.07) is 0. The minimum atomic E-state index is -0.177. The maximum atomic E-state index is 10.1. The molecule has 2 unspecified atom stereocenters. The summed E-state index contributed by atoms with van der Waals surface area (Å²) in [5.74, 6) is 2.48. The minimum absolute atomic E-state index is 0.177. The number of hydrogen-bond acceptors (Lipinski definition) is 5. The molecule has 5 nitrogen and oxygen atoms in total. The third-order valence-electron chi connectivity index (χ3n) is 4.21. The van der Waals surface area contributed by atoms with Gasteiger partial charge in [-0.25, -0.2) is 9.97 Å². The molecule has 1 aromatic heterocycles. The molecule has 1 fully saturated rings. The molecule has 0 amide bonds. The van der Waals surface area contributed by atoms with E-state index in [2.05, 4.69) is 41.4 Å². The van der Waals surface area contributed by atoms with Crippen LogP contribution in [0.3, 0.4) is 0 Å². The molecule has 0 saturated heterocycles. The summed E-state index contributed by atoms with van der Waals surface area (Å²) in [5.41, 5.74) is 1.13. The highest BCUT2D eigenvalue weighted by molar-refractivity contribution is 5.59. The molecule has 5 heteroatoms. The second-order valence-electron chi connectivity index (χ2n) is 6.16. The number of anilines is 2. The summed E-state index contributed by atoms with van der Waals surface area (Å²) >= 11 is 0. The fourth-order valence-corrected chi connectivity index (χ4v) is 3.05. The van der Waals surface area contributed by atoms with Crippen LogP contribution in [0.15, 0.2) is 6.33 Å². The Morgan fingerprint density at radius 1 is 1.19 bits per heavy atom. The third kappa shape index (κ3) is 4.06. The van der Waals surface area contributed by atoms with Crippen molar-refractivity contribution >= 4 is 11.6 Å². The van der Waals surface area contributed by atoms with Crippen LogP contribution in [0.25, 0.3) is 0 Å². The number of aromatic nitrogens is 2. The van der Waals surface area contributed by atoms with Gasteiger partial charge in [0.1, 0.15) is 18.0 Å². The standard InChI is InChI=1S/C16H28N4O/c1-4-17-15-14(11(2)3)16(20-10-19-15)18-9-12-7-5-6-8-13(12)21/h10-13,21H,4-9H2,1-3H3,(H2,17,18,19,20). The van der Waals surface area contributed by atoms with E-state index in [1.54, 1.807) is 6.33 Å². The van der Waals surface area contributed by atoms with Crippen LogP contribution in [-0.2, 0) is 0 Å². The largest absolute Gasteiger partial charge is 0.393 e. The summed E-state index contributed by atoms with van der Waals surface area (Å²) in [6.45, 7) is 8.00. The minimum Gasteiger partial charge on any atom is -0.393 e. The van der Waals surface area contributed by atoms with Crippen LogP contribution in [0.4, 0.5) is 11.6 Å². The van der Waals surface area contributed by atoms with E-state index in [0.717, 1.165) is 49.6 Å². The van der Waals surface area contributed by atoms with E-state index in [9.17, 15) is 5.11 Å². The van der Waals surface area contributed by atoms with Gasteiger partial charge in [-0.1, -0.05) is 26.7 Å². The van der Waals surface area contributed by atoms with Crippen molar-refractivity contribution in [2.45, 2.75) is 58.5 Å². The van der Waals surface area contributed by atoms with Crippen LogP contribution in [0.5, 0.6) is 0 Å². The molecule has 1 heterocycles. The van der Waals surface area contributed by atoms with Crippen molar-refractivity contribution in [2.24, 2.45) is 5.92 Å². The topological polar surface area (TPSA) is 70.1 Å². The van der Waals surface area contributed by atoms with Gasteiger partial charge in [0.2, 0.25) is 0 Å². The summed E-state index contributed by atoms with van der Waals surface area (Å²) in [7, 11) is 0. The Labute approximate surface area is 127 Å². The van der Waals surface area contributed by atoms with Gasteiger partial charge in [0.05, 0.1) is 6.10 Å². The van der Waals surface area contributed by atoms with E-state index in [-0.39, 0.29) is 6.10 Å². The van der Waals surface area contributed by atoms with Gasteiger partial charge in [-0.3, -0.25) is 0 Å². The Morgan fingerprint density at radius 3 is 2.48 bits per heavy atom. The first-order valence-corrected chi connectivity index (χ1v) is 8.14. The van der Waals surface area contributed by atoms with Crippen molar-refractivity contribution in [2.75, 3.05) is 23.7 Å². The molecule has 2 atom stereocenters. The van der Waals surface area contributed by atoms with Crippen molar-refractivity contribution in [1.82, 2.24) is 9.97 Å². The summed E-state index contributed by atoms with van der Waals surface area (Å²) < 4.78 is 0. The molecule has 1 saturated carbocycles. The fourth-order valence-electron chi connectivity index (χ4n) is 3.05. The maximum absolute atomic E-state index is 10.1. The monoisotopic (exact) mass is 292 g/mol. The third-order valence-corrected chi connectivity index (χ3v) is 4.21. The number of nitrogens with zero attached hydrogens (tertiary/aromatic N) is 2. The van der Waals surface area contributed by atoms with Crippen molar-refractivity contribution in [3.8, 4) is 0 Å². The Balaban J connectivity index is 2.09. The first-order chi connectivity index (χ1) is 10.1. The van der Waals surface area contributed by atoms with Crippen molar-refractivity contribution in [3.63, 3.8) is 0 Å². The normalized spacial score (nSPS) is 22.3. The summed E-state index contributed by atoms with van der Waals surface area (Å²) in [6.07, 6.45) is 5.80. The van der Waals surface area contributed by atoms with E-state index in [4.69, 9.17) is 0 Å². The maximum Gasteiger partial charge on any atom is 0.134 e. The predicted molar refractivity (Wildman–Crippen MR) is 86.7 cm³/mol. The van der Waals surface area contributed by atoms with Crippen LogP contribution in [0.1, 0.15) is 57.9 Å². The molecular formula is C16H28N4O. The Bertz CT molecular complexity index is 450. The number of aliphatic hydroxyl groups is 1. The van der Waals surface area contributed by atoms with Crippen molar-refractivity contribution in [1.29, 1.82) is 0 Å². The van der Waals surface area contributed by atoms with Gasteiger partial charge in [0.25, 0.3) is 0 Å². The Kier molecular flexibility index (Phi) is 5.79. The zero-order valence-electron chi connectivity index (χ0n) is 13.4. The molecule has 118 valence electrons. The first kappa shape index (κ1) is 16.0. The van der Waals surface area contributed by atoms with Gasteiger partial charge in [-0.2, -0.15) is 0 Å². The van der Waals surface area contributed by atoms with Gasteiger partial charge < -0.3 is 15.7 Å². The number of aliphatic hydroxyl groups excluding tert-OH is 1. The zero-order chi connectivity index (χ0) is 15.2. The van der Waals surface area contributed by atoms with E-state index >= 15 is 0 Å². The number of rotatable bonds is 6. The van der Waals surface area contributed by atoms with Gasteiger partial charge in [-0.15, -0.1) is 0 Å². The smallest absolute Gasteiger partial charge is 0.134 e. The summed E-state index contributed by atoms with van der Waals surface area (Å²) in [4.78, 5) is 8.76. The SMILES string of the molecule is CCNc1ncnc(NCC2CCCCC2O)c1C(C)C. The lowest BCUT2D eigenvalue weighted by Gasteiger charge is -2.28. The zero-order valence-corrected chi connectivity index (χ0v) is 13.4.